The Morgan fingerprint density at radius 3 is 2.31 bits per heavy atom. The van der Waals surface area contributed by atoms with Crippen LogP contribution < -0.4 is 25.2 Å². The molecular formula is C57H64F3N9O5. The van der Waals surface area contributed by atoms with Crippen molar-refractivity contribution in [1.82, 2.24) is 35.3 Å². The van der Waals surface area contributed by atoms with Gasteiger partial charge >= 0.3 is 6.01 Å². The predicted molar refractivity (Wildman–Crippen MR) is 275 cm³/mol. The van der Waals surface area contributed by atoms with Crippen LogP contribution in [-0.2, 0) is 22.6 Å². The van der Waals surface area contributed by atoms with Crippen LogP contribution >= 0.6 is 0 Å². The van der Waals surface area contributed by atoms with Crippen LogP contribution in [0.2, 0.25) is 0 Å². The minimum absolute atomic E-state index is 0.0532. The van der Waals surface area contributed by atoms with Crippen molar-refractivity contribution in [3.05, 3.63) is 82.7 Å². The summed E-state index contributed by atoms with van der Waals surface area (Å²) >= 11 is 0. The third-order valence-corrected chi connectivity index (χ3v) is 18.3. The minimum Gasteiger partial charge on any atom is -0.508 e. The number of aryl methyl sites for hydroxylation is 1. The van der Waals surface area contributed by atoms with Gasteiger partial charge in [0.25, 0.3) is 5.91 Å². The van der Waals surface area contributed by atoms with Gasteiger partial charge in [0.15, 0.2) is 5.82 Å². The highest BCUT2D eigenvalue weighted by atomic mass is 19.1. The number of phenolic OH excluding ortho intramolecular Hbond substituents is 1. The fraction of sp³-hybridized carbons (Fsp3) is 0.526. The van der Waals surface area contributed by atoms with Crippen molar-refractivity contribution in [2.24, 2.45) is 16.7 Å². The van der Waals surface area contributed by atoms with Crippen molar-refractivity contribution >= 4 is 50.9 Å². The number of carbonyl (C=O) groups excluding carboxylic acids is 3. The molecule has 3 N–H and O–H groups in total. The predicted octanol–water partition coefficient (Wildman–Crippen LogP) is 7.31. The number of imide groups is 1. The lowest BCUT2D eigenvalue weighted by molar-refractivity contribution is -0.136. The number of likely N-dealkylation sites (tertiary alicyclic amines) is 1. The number of hydrogen-bond acceptors (Lipinski definition) is 12. The summed E-state index contributed by atoms with van der Waals surface area (Å²) in [6, 6.07) is 12.9. The van der Waals surface area contributed by atoms with E-state index < -0.39 is 23.5 Å². The third-order valence-electron chi connectivity index (χ3n) is 18.3. The van der Waals surface area contributed by atoms with Crippen LogP contribution in [0.5, 0.6) is 11.8 Å². The lowest BCUT2D eigenvalue weighted by atomic mass is 9.57. The fourth-order valence-electron chi connectivity index (χ4n) is 14.1. The van der Waals surface area contributed by atoms with Crippen LogP contribution in [0, 0.1) is 34.2 Å². The van der Waals surface area contributed by atoms with E-state index in [-0.39, 0.29) is 75.4 Å². The first kappa shape index (κ1) is 47.7. The van der Waals surface area contributed by atoms with Gasteiger partial charge in [-0.2, -0.15) is 9.97 Å². The summed E-state index contributed by atoms with van der Waals surface area (Å²) in [6.45, 7) is 11.8. The van der Waals surface area contributed by atoms with Crippen molar-refractivity contribution in [3.8, 4) is 22.9 Å². The summed E-state index contributed by atoms with van der Waals surface area (Å²) in [7, 11) is 0. The number of rotatable bonds is 12. The number of piperazine rings is 2. The first-order chi connectivity index (χ1) is 35.8. The minimum atomic E-state index is -0.899. The van der Waals surface area contributed by atoms with Crippen LogP contribution in [-0.4, -0.2) is 138 Å². The van der Waals surface area contributed by atoms with Crippen LogP contribution in [0.1, 0.15) is 92.6 Å². The van der Waals surface area contributed by atoms with Gasteiger partial charge < -0.3 is 34.8 Å². The summed E-state index contributed by atoms with van der Waals surface area (Å²) in [5.74, 6) is -2.06. The van der Waals surface area contributed by atoms with E-state index in [1.807, 2.05) is 12.1 Å². The van der Waals surface area contributed by atoms with E-state index in [4.69, 9.17) is 9.72 Å². The molecule has 388 valence electrons. The van der Waals surface area contributed by atoms with E-state index in [1.165, 1.54) is 56.0 Å². The zero-order chi connectivity index (χ0) is 50.6. The second kappa shape index (κ2) is 18.4. The Labute approximate surface area is 428 Å². The average Bonchev–Trinajstić information content (AvgIpc) is 3.96. The molecule has 1 aromatic heterocycles. The molecule has 3 atom stereocenters. The smallest absolute Gasteiger partial charge is 0.319 e. The molecule has 2 aliphatic carbocycles. The molecule has 2 saturated carbocycles. The Bertz CT molecular complexity index is 3100. The van der Waals surface area contributed by atoms with Gasteiger partial charge in [-0.25, -0.2) is 13.2 Å². The average molecular weight is 1010 g/mol. The zero-order valence-electron chi connectivity index (χ0n) is 42.0. The number of nitrogens with zero attached hydrogens (tertiary/aromatic N) is 7. The maximum Gasteiger partial charge on any atom is 0.319 e. The topological polar surface area (TPSA) is 147 Å². The van der Waals surface area contributed by atoms with Crippen LogP contribution in [0.4, 0.5) is 24.7 Å². The number of hydrogen-bond donors (Lipinski definition) is 3. The molecule has 4 aromatic carbocycles. The van der Waals surface area contributed by atoms with Gasteiger partial charge in [0.05, 0.1) is 12.2 Å². The number of phenols is 1. The molecule has 6 aliphatic heterocycles. The quantitative estimate of drug-likeness (QED) is 0.108. The van der Waals surface area contributed by atoms with Gasteiger partial charge in [-0.05, 0) is 159 Å². The van der Waals surface area contributed by atoms with Crippen molar-refractivity contribution in [2.75, 3.05) is 81.9 Å². The highest BCUT2D eigenvalue weighted by molar-refractivity contribution is 6.06. The SMILES string of the molecule is CCc1c(F)ccc2cc(O)cc(-c3c(F)cc4c(N5CC6CCC(C5)N6)nc(OCC5(CN6CCC7(CC6)CC(CN6CCN(c8ccc9c(c8)CN([C@H]8CCC(=O)NC8=O)C9=O)CC6)C7)CC5)nc4c3F)c12. The van der Waals surface area contributed by atoms with E-state index in [1.54, 1.807) is 11.8 Å². The van der Waals surface area contributed by atoms with Gasteiger partial charge in [-0.15, -0.1) is 0 Å². The number of carbonyl (C=O) groups is 3. The molecule has 1 spiro atoms. The zero-order valence-corrected chi connectivity index (χ0v) is 42.0. The number of nitrogens with one attached hydrogen (secondary N) is 2. The first-order valence-corrected chi connectivity index (χ1v) is 27.1. The fourth-order valence-corrected chi connectivity index (χ4v) is 14.1. The molecule has 8 aliphatic rings. The second-order valence-electron chi connectivity index (χ2n) is 23.2. The summed E-state index contributed by atoms with van der Waals surface area (Å²) in [5, 5.41) is 17.9. The molecule has 17 heteroatoms. The van der Waals surface area contributed by atoms with E-state index in [2.05, 4.69) is 41.3 Å². The number of amides is 3. The Balaban J connectivity index is 0.634. The van der Waals surface area contributed by atoms with E-state index in [9.17, 15) is 19.5 Å². The lowest BCUT2D eigenvalue weighted by Crippen LogP contribution is -2.53. The Morgan fingerprint density at radius 2 is 1.58 bits per heavy atom. The van der Waals surface area contributed by atoms with E-state index in [0.717, 1.165) is 89.3 Å². The molecule has 2 bridgehead atoms. The molecule has 0 radical (unpaired) electrons. The Hall–Kier alpha value is -6.04. The van der Waals surface area contributed by atoms with Gasteiger partial charge in [-0.3, -0.25) is 24.6 Å². The Kier molecular flexibility index (Phi) is 11.8. The molecule has 74 heavy (non-hydrogen) atoms. The molecule has 2 unspecified atom stereocenters. The van der Waals surface area contributed by atoms with Crippen molar-refractivity contribution in [1.29, 1.82) is 0 Å². The molecule has 5 saturated heterocycles. The number of ether oxygens (including phenoxy) is 1. The normalized spacial score (nSPS) is 24.8. The monoisotopic (exact) mass is 1010 g/mol. The second-order valence-corrected chi connectivity index (χ2v) is 23.2. The van der Waals surface area contributed by atoms with Gasteiger partial charge in [0, 0.05) is 99.5 Å². The Morgan fingerprint density at radius 1 is 0.811 bits per heavy atom. The first-order valence-electron chi connectivity index (χ1n) is 27.1. The van der Waals surface area contributed by atoms with Crippen molar-refractivity contribution in [2.45, 2.75) is 102 Å². The number of aromatic hydroxyl groups is 1. The maximum absolute atomic E-state index is 17.3. The molecular weight excluding hydrogens is 948 g/mol. The molecule has 5 aromatic rings. The van der Waals surface area contributed by atoms with Crippen LogP contribution in [0.25, 0.3) is 32.8 Å². The summed E-state index contributed by atoms with van der Waals surface area (Å²) in [5.41, 5.74) is 3.00. The van der Waals surface area contributed by atoms with Crippen LogP contribution in [0.3, 0.4) is 0 Å². The number of benzene rings is 4. The number of piperidine rings is 2. The third kappa shape index (κ3) is 8.59. The molecule has 7 fully saturated rings. The van der Waals surface area contributed by atoms with Crippen molar-refractivity contribution < 1.29 is 37.4 Å². The summed E-state index contributed by atoms with van der Waals surface area (Å²) in [4.78, 5) is 58.4. The molecule has 7 heterocycles. The maximum atomic E-state index is 17.3. The van der Waals surface area contributed by atoms with Crippen molar-refractivity contribution in [3.63, 3.8) is 0 Å². The summed E-state index contributed by atoms with van der Waals surface area (Å²) < 4.78 is 55.6. The summed E-state index contributed by atoms with van der Waals surface area (Å²) in [6.07, 6.45) is 9.90. The number of halogens is 3. The largest absolute Gasteiger partial charge is 0.508 e. The van der Waals surface area contributed by atoms with E-state index >= 15 is 13.2 Å². The number of fused-ring (bicyclic) bond motifs is 5. The standard InChI is InChI=1S/C57H64F3N9O5/c1-2-40-44(58)8-3-34-22-39(70)23-42(48(34)40)49-45(59)24-43-51(50(49)60)63-55(64-52(43)68-29-36-4-5-37(30-68)61-36)74-32-57(11-12-57)31-66-15-13-56(14-16-66)25-33(26-56)27-65-17-19-67(20-18-65)38-6-7-41-35(21-38)28-69(54(41)73)46-9-10-47(71)62-53(46)72/h3,6-8,21-24,33,36-37,46,61,70H,2,4-5,9-20,25-32H2,1H3,(H,62,71,72)/t36?,37?,46-/m0/s1. The molecule has 14 nitrogen and oxygen atoms in total. The van der Waals surface area contributed by atoms with Gasteiger partial charge in [0.2, 0.25) is 11.8 Å². The highest BCUT2D eigenvalue weighted by Crippen LogP contribution is 2.54. The number of aromatic nitrogens is 2. The number of anilines is 2. The lowest BCUT2D eigenvalue weighted by Gasteiger charge is -2.54. The highest BCUT2D eigenvalue weighted by Gasteiger charge is 2.50. The molecule has 13 rings (SSSR count). The van der Waals surface area contributed by atoms with E-state index in [0.29, 0.717) is 78.1 Å². The molecule has 3 amide bonds. The van der Waals surface area contributed by atoms with Crippen LogP contribution in [0.15, 0.2) is 48.5 Å². The van der Waals surface area contributed by atoms with Gasteiger partial charge in [-0.1, -0.05) is 13.0 Å². The van der Waals surface area contributed by atoms with Gasteiger partial charge in [0.1, 0.15) is 34.8 Å².